The first-order valence-electron chi connectivity index (χ1n) is 6.73. The van der Waals surface area contributed by atoms with Gasteiger partial charge < -0.3 is 15.8 Å². The van der Waals surface area contributed by atoms with Gasteiger partial charge in [-0.25, -0.2) is 0 Å². The van der Waals surface area contributed by atoms with Crippen molar-refractivity contribution in [1.29, 1.82) is 0 Å². The molecule has 1 aliphatic heterocycles. The molecule has 0 saturated heterocycles. The first kappa shape index (κ1) is 14.2. The van der Waals surface area contributed by atoms with Gasteiger partial charge in [0.1, 0.15) is 10.7 Å². The van der Waals surface area contributed by atoms with E-state index in [9.17, 15) is 0 Å². The lowest BCUT2D eigenvalue weighted by molar-refractivity contribution is 0.274. The maximum absolute atomic E-state index is 6.09. The summed E-state index contributed by atoms with van der Waals surface area (Å²) in [4.78, 5) is 0.356. The highest BCUT2D eigenvalue weighted by Gasteiger charge is 2.22. The second-order valence-electron chi connectivity index (χ2n) is 4.93. The molecule has 0 spiro atoms. The van der Waals surface area contributed by atoms with Crippen molar-refractivity contribution < 1.29 is 4.74 Å². The SMILES string of the molecule is NC(=S)c1ccc(Cl)cc1NC1CCOc2ccccc21. The molecule has 0 saturated carbocycles. The van der Waals surface area contributed by atoms with Crippen molar-refractivity contribution in [3.05, 3.63) is 58.6 Å². The van der Waals surface area contributed by atoms with Crippen LogP contribution in [0.2, 0.25) is 5.02 Å². The van der Waals surface area contributed by atoms with Crippen LogP contribution in [0.3, 0.4) is 0 Å². The summed E-state index contributed by atoms with van der Waals surface area (Å²) < 4.78 is 5.68. The Kier molecular flexibility index (Phi) is 3.99. The number of halogens is 1. The third kappa shape index (κ3) is 2.96. The van der Waals surface area contributed by atoms with Crippen molar-refractivity contribution in [2.75, 3.05) is 11.9 Å². The molecule has 3 rings (SSSR count). The third-order valence-electron chi connectivity index (χ3n) is 3.54. The first-order valence-corrected chi connectivity index (χ1v) is 7.51. The van der Waals surface area contributed by atoms with E-state index in [1.54, 1.807) is 6.07 Å². The molecule has 1 heterocycles. The summed E-state index contributed by atoms with van der Waals surface area (Å²) >= 11 is 11.2. The van der Waals surface area contributed by atoms with Crippen LogP contribution in [0.25, 0.3) is 0 Å². The van der Waals surface area contributed by atoms with Crippen LogP contribution >= 0.6 is 23.8 Å². The average Bonchev–Trinajstić information content (AvgIpc) is 2.47. The number of nitrogens with two attached hydrogens (primary N) is 1. The molecular weight excluding hydrogens is 304 g/mol. The lowest BCUT2D eigenvalue weighted by Gasteiger charge is -2.28. The van der Waals surface area contributed by atoms with E-state index in [0.717, 1.165) is 29.0 Å². The van der Waals surface area contributed by atoms with Gasteiger partial charge in [-0.15, -0.1) is 0 Å². The highest BCUT2D eigenvalue weighted by Crippen LogP contribution is 2.35. The van der Waals surface area contributed by atoms with Crippen molar-refractivity contribution in [3.63, 3.8) is 0 Å². The quantitative estimate of drug-likeness (QED) is 0.842. The number of rotatable bonds is 3. The molecule has 5 heteroatoms. The van der Waals surface area contributed by atoms with Crippen LogP contribution in [0.5, 0.6) is 5.75 Å². The van der Waals surface area contributed by atoms with Gasteiger partial charge in [0.05, 0.1) is 12.6 Å². The summed E-state index contributed by atoms with van der Waals surface area (Å²) in [7, 11) is 0. The molecule has 1 atom stereocenters. The normalized spacial score (nSPS) is 16.7. The van der Waals surface area contributed by atoms with Crippen molar-refractivity contribution >= 4 is 34.5 Å². The minimum atomic E-state index is 0.154. The van der Waals surface area contributed by atoms with E-state index in [1.165, 1.54) is 0 Å². The maximum Gasteiger partial charge on any atom is 0.124 e. The fourth-order valence-electron chi connectivity index (χ4n) is 2.53. The monoisotopic (exact) mass is 318 g/mol. The predicted molar refractivity (Wildman–Crippen MR) is 90.3 cm³/mol. The highest BCUT2D eigenvalue weighted by molar-refractivity contribution is 7.80. The molecular formula is C16H15ClN2OS. The number of hydrogen-bond acceptors (Lipinski definition) is 3. The first-order chi connectivity index (χ1) is 10.1. The molecule has 3 N–H and O–H groups in total. The molecule has 108 valence electrons. The molecule has 0 aromatic heterocycles. The Hall–Kier alpha value is -1.78. The zero-order valence-corrected chi connectivity index (χ0v) is 12.9. The minimum absolute atomic E-state index is 0.154. The molecule has 2 aromatic rings. The zero-order valence-electron chi connectivity index (χ0n) is 11.3. The van der Waals surface area contributed by atoms with Gasteiger partial charge in [-0.1, -0.05) is 42.0 Å². The Morgan fingerprint density at radius 1 is 1.29 bits per heavy atom. The highest BCUT2D eigenvalue weighted by atomic mass is 35.5. The fraction of sp³-hybridized carbons (Fsp3) is 0.188. The summed E-state index contributed by atoms with van der Waals surface area (Å²) in [6, 6.07) is 13.7. The van der Waals surface area contributed by atoms with Crippen LogP contribution in [0.15, 0.2) is 42.5 Å². The van der Waals surface area contributed by atoms with Crippen LogP contribution < -0.4 is 15.8 Å². The van der Waals surface area contributed by atoms with Gasteiger partial charge in [0.25, 0.3) is 0 Å². The number of benzene rings is 2. The van der Waals surface area contributed by atoms with Crippen LogP contribution in [0.1, 0.15) is 23.6 Å². The van der Waals surface area contributed by atoms with Gasteiger partial charge in [0.2, 0.25) is 0 Å². The number of hydrogen-bond donors (Lipinski definition) is 2. The van der Waals surface area contributed by atoms with E-state index < -0.39 is 0 Å². The van der Waals surface area contributed by atoms with E-state index in [4.69, 9.17) is 34.3 Å². The van der Waals surface area contributed by atoms with Crippen LogP contribution in [-0.2, 0) is 0 Å². The Labute approximate surface area is 134 Å². The molecule has 2 aromatic carbocycles. The van der Waals surface area contributed by atoms with Gasteiger partial charge in [0, 0.05) is 28.3 Å². The molecule has 1 aliphatic rings. The second kappa shape index (κ2) is 5.92. The Balaban J connectivity index is 1.95. The number of thiocarbonyl (C=S) groups is 1. The van der Waals surface area contributed by atoms with Crippen molar-refractivity contribution in [3.8, 4) is 5.75 Å². The number of nitrogens with one attached hydrogen (secondary N) is 1. The summed E-state index contributed by atoms with van der Waals surface area (Å²) in [6.07, 6.45) is 0.875. The zero-order chi connectivity index (χ0) is 14.8. The Morgan fingerprint density at radius 3 is 2.90 bits per heavy atom. The summed E-state index contributed by atoms with van der Waals surface area (Å²) in [5.41, 5.74) is 8.59. The topological polar surface area (TPSA) is 47.3 Å². The van der Waals surface area contributed by atoms with E-state index in [2.05, 4.69) is 11.4 Å². The van der Waals surface area contributed by atoms with Gasteiger partial charge in [0.15, 0.2) is 0 Å². The molecule has 1 unspecified atom stereocenters. The lowest BCUT2D eigenvalue weighted by atomic mass is 9.99. The average molecular weight is 319 g/mol. The molecule has 21 heavy (non-hydrogen) atoms. The van der Waals surface area contributed by atoms with Crippen molar-refractivity contribution in [2.24, 2.45) is 5.73 Å². The van der Waals surface area contributed by atoms with Gasteiger partial charge in [-0.2, -0.15) is 0 Å². The van der Waals surface area contributed by atoms with Crippen LogP contribution in [0.4, 0.5) is 5.69 Å². The second-order valence-corrected chi connectivity index (χ2v) is 5.80. The van der Waals surface area contributed by atoms with Crippen LogP contribution in [-0.4, -0.2) is 11.6 Å². The molecule has 0 aliphatic carbocycles. The van der Waals surface area contributed by atoms with Gasteiger partial charge in [-0.3, -0.25) is 0 Å². The Morgan fingerprint density at radius 2 is 2.10 bits per heavy atom. The fourth-order valence-corrected chi connectivity index (χ4v) is 2.88. The molecule has 0 radical (unpaired) electrons. The van der Waals surface area contributed by atoms with Crippen molar-refractivity contribution in [1.82, 2.24) is 0 Å². The molecule has 0 bridgehead atoms. The summed E-state index contributed by atoms with van der Waals surface area (Å²) in [5.74, 6) is 0.917. The number of anilines is 1. The maximum atomic E-state index is 6.09. The minimum Gasteiger partial charge on any atom is -0.493 e. The van der Waals surface area contributed by atoms with Crippen LogP contribution in [0, 0.1) is 0 Å². The largest absolute Gasteiger partial charge is 0.493 e. The molecule has 0 amide bonds. The lowest BCUT2D eigenvalue weighted by Crippen LogP contribution is -2.22. The van der Waals surface area contributed by atoms with E-state index >= 15 is 0 Å². The number of fused-ring (bicyclic) bond motifs is 1. The summed E-state index contributed by atoms with van der Waals surface area (Å²) in [5, 5.41) is 4.15. The molecule has 3 nitrogen and oxygen atoms in total. The summed E-state index contributed by atoms with van der Waals surface area (Å²) in [6.45, 7) is 0.678. The van der Waals surface area contributed by atoms with E-state index in [1.807, 2.05) is 30.3 Å². The standard InChI is InChI=1S/C16H15ClN2OS/c17-10-5-6-12(16(18)21)14(9-10)19-13-7-8-20-15-4-2-1-3-11(13)15/h1-6,9,13,19H,7-8H2,(H2,18,21). The van der Waals surface area contributed by atoms with E-state index in [0.29, 0.717) is 16.6 Å². The van der Waals surface area contributed by atoms with Gasteiger partial charge >= 0.3 is 0 Å². The van der Waals surface area contributed by atoms with E-state index in [-0.39, 0.29) is 6.04 Å². The van der Waals surface area contributed by atoms with Crippen molar-refractivity contribution in [2.45, 2.75) is 12.5 Å². The molecule has 0 fully saturated rings. The van der Waals surface area contributed by atoms with Gasteiger partial charge in [-0.05, 0) is 24.3 Å². The third-order valence-corrected chi connectivity index (χ3v) is 3.99. The number of para-hydroxylation sites is 1. The number of ether oxygens (including phenoxy) is 1. The predicted octanol–water partition coefficient (Wildman–Crippen LogP) is 3.91. The smallest absolute Gasteiger partial charge is 0.124 e. The Bertz CT molecular complexity index is 690.